The Kier molecular flexibility index (Phi) is 5.64. The van der Waals surface area contributed by atoms with Gasteiger partial charge in [-0.3, -0.25) is 4.79 Å². The Balaban J connectivity index is 1.58. The van der Waals surface area contributed by atoms with Crippen molar-refractivity contribution in [2.24, 2.45) is 5.92 Å². The number of nitrogens with zero attached hydrogens (tertiary/aromatic N) is 3. The van der Waals surface area contributed by atoms with Gasteiger partial charge >= 0.3 is 0 Å². The van der Waals surface area contributed by atoms with Gasteiger partial charge in [-0.2, -0.15) is 5.10 Å². The van der Waals surface area contributed by atoms with Gasteiger partial charge in [0.1, 0.15) is 11.6 Å². The minimum atomic E-state index is -0.245. The van der Waals surface area contributed by atoms with Crippen molar-refractivity contribution < 1.29 is 4.79 Å². The van der Waals surface area contributed by atoms with Gasteiger partial charge in [-0.05, 0) is 94.1 Å². The van der Waals surface area contributed by atoms with Crippen molar-refractivity contribution in [3.63, 3.8) is 0 Å². The van der Waals surface area contributed by atoms with Crippen molar-refractivity contribution in [3.05, 3.63) is 105 Å². The molecule has 1 aliphatic carbocycles. The smallest absolute Gasteiger partial charge is 0.143 e. The van der Waals surface area contributed by atoms with Gasteiger partial charge < -0.3 is 9.88 Å². The van der Waals surface area contributed by atoms with Crippen LogP contribution >= 0.6 is 11.6 Å². The molecular weight excluding hydrogens is 480 g/mol. The maximum absolute atomic E-state index is 13.5. The Labute approximate surface area is 222 Å². The van der Waals surface area contributed by atoms with Crippen molar-refractivity contribution >= 4 is 23.2 Å². The summed E-state index contributed by atoms with van der Waals surface area (Å²) in [6.45, 7) is 10.7. The van der Waals surface area contributed by atoms with Crippen LogP contribution in [0.3, 0.4) is 0 Å². The fourth-order valence-corrected chi connectivity index (χ4v) is 6.33. The highest BCUT2D eigenvalue weighted by atomic mass is 35.5. The number of carbonyl (C=O) groups is 1. The van der Waals surface area contributed by atoms with E-state index in [4.69, 9.17) is 16.7 Å². The van der Waals surface area contributed by atoms with E-state index in [1.54, 1.807) is 0 Å². The minimum Gasteiger partial charge on any atom is -0.343 e. The number of ketones is 1. The van der Waals surface area contributed by atoms with Crippen molar-refractivity contribution in [1.29, 1.82) is 0 Å². The summed E-state index contributed by atoms with van der Waals surface area (Å²) >= 11 is 6.34. The van der Waals surface area contributed by atoms with E-state index < -0.39 is 0 Å². The second-order valence-electron chi connectivity index (χ2n) is 10.4. The third-order valence-electron chi connectivity index (χ3n) is 8.06. The first kappa shape index (κ1) is 23.8. The largest absolute Gasteiger partial charge is 0.343 e. The third kappa shape index (κ3) is 3.75. The average molecular weight is 511 g/mol. The molecule has 4 aromatic rings. The van der Waals surface area contributed by atoms with Gasteiger partial charge in [0, 0.05) is 45.7 Å². The predicted octanol–water partition coefficient (Wildman–Crippen LogP) is 7.28. The summed E-state index contributed by atoms with van der Waals surface area (Å²) in [6.07, 6.45) is 3.51. The molecule has 2 atom stereocenters. The lowest BCUT2D eigenvalue weighted by Crippen LogP contribution is -2.35. The molecule has 0 amide bonds. The lowest BCUT2D eigenvalue weighted by molar-refractivity contribution is -0.122. The maximum atomic E-state index is 13.5. The number of anilines is 1. The number of carbonyl (C=O) groups excluding carboxylic acids is 1. The molecule has 0 saturated heterocycles. The van der Waals surface area contributed by atoms with E-state index >= 15 is 0 Å². The number of nitrogens with one attached hydrogen (secondary N) is 1. The molecule has 2 aromatic carbocycles. The van der Waals surface area contributed by atoms with E-state index in [-0.39, 0.29) is 17.6 Å². The Morgan fingerprint density at radius 1 is 0.946 bits per heavy atom. The van der Waals surface area contributed by atoms with Gasteiger partial charge in [0.25, 0.3) is 0 Å². The summed E-state index contributed by atoms with van der Waals surface area (Å²) < 4.78 is 4.25. The van der Waals surface area contributed by atoms with Crippen molar-refractivity contribution in [1.82, 2.24) is 14.3 Å². The number of Topliss-reactive ketones (excluding diaryl/α,β-unsaturated/α-hetero) is 1. The van der Waals surface area contributed by atoms with Crippen molar-refractivity contribution in [3.8, 4) is 11.4 Å². The standard InChI is InChI=1S/C31H31ClN4O/c1-17-12-13-23(14-18(17)2)35-19(3)15-25(21(35)5)29-28-20(4)34-36(24-9-6-8-22(32)16-24)31(28)33-26-10-7-11-27(37)30(26)29/h6,8-10,12-16,29-30,33H,7,11H2,1-5H3/t29-,30-/m1/s1. The Hall–Kier alpha value is -3.57. The third-order valence-corrected chi connectivity index (χ3v) is 8.29. The number of aryl methyl sites for hydroxylation is 4. The van der Waals surface area contributed by atoms with E-state index in [2.05, 4.69) is 67.9 Å². The molecule has 6 rings (SSSR count). The highest BCUT2D eigenvalue weighted by Gasteiger charge is 2.44. The highest BCUT2D eigenvalue weighted by Crippen LogP contribution is 2.50. The summed E-state index contributed by atoms with van der Waals surface area (Å²) in [6, 6.07) is 16.6. The molecular formula is C31H31ClN4O. The first-order valence-electron chi connectivity index (χ1n) is 12.9. The fourth-order valence-electron chi connectivity index (χ4n) is 6.15. The van der Waals surface area contributed by atoms with Crippen LogP contribution in [0.25, 0.3) is 11.4 Å². The van der Waals surface area contributed by atoms with Crippen LogP contribution in [0.2, 0.25) is 5.02 Å². The molecule has 0 spiro atoms. The predicted molar refractivity (Wildman–Crippen MR) is 149 cm³/mol. The number of rotatable bonds is 3. The Morgan fingerprint density at radius 2 is 1.76 bits per heavy atom. The summed E-state index contributed by atoms with van der Waals surface area (Å²) in [7, 11) is 0. The van der Waals surface area contributed by atoms with Gasteiger partial charge in [0.15, 0.2) is 0 Å². The van der Waals surface area contributed by atoms with Crippen LogP contribution in [-0.2, 0) is 4.79 Å². The molecule has 0 radical (unpaired) electrons. The second kappa shape index (κ2) is 8.77. The van der Waals surface area contributed by atoms with E-state index in [9.17, 15) is 4.79 Å². The molecule has 3 heterocycles. The Morgan fingerprint density at radius 3 is 2.51 bits per heavy atom. The van der Waals surface area contributed by atoms with Crippen LogP contribution in [-0.4, -0.2) is 20.1 Å². The van der Waals surface area contributed by atoms with Gasteiger partial charge in [0.05, 0.1) is 17.3 Å². The summed E-state index contributed by atoms with van der Waals surface area (Å²) in [4.78, 5) is 13.5. The van der Waals surface area contributed by atoms with Crippen LogP contribution < -0.4 is 5.32 Å². The van der Waals surface area contributed by atoms with E-state index in [0.29, 0.717) is 11.4 Å². The van der Waals surface area contributed by atoms with E-state index in [1.165, 1.54) is 16.7 Å². The Bertz CT molecular complexity index is 1610. The number of halogens is 1. The monoisotopic (exact) mass is 510 g/mol. The first-order chi connectivity index (χ1) is 17.7. The molecule has 2 aliphatic rings. The van der Waals surface area contributed by atoms with Crippen LogP contribution in [0, 0.1) is 40.5 Å². The zero-order chi connectivity index (χ0) is 26.0. The molecule has 0 saturated carbocycles. The molecule has 0 unspecified atom stereocenters. The molecule has 2 aromatic heterocycles. The van der Waals surface area contributed by atoms with E-state index in [0.717, 1.165) is 52.0 Å². The fraction of sp³-hybridized carbons (Fsp3) is 0.290. The number of fused-ring (bicyclic) bond motifs is 2. The van der Waals surface area contributed by atoms with Gasteiger partial charge in [-0.15, -0.1) is 0 Å². The molecule has 1 N–H and O–H groups in total. The number of allylic oxidation sites excluding steroid dienone is 2. The quantitative estimate of drug-likeness (QED) is 0.315. The molecule has 5 nitrogen and oxygen atoms in total. The molecule has 188 valence electrons. The van der Waals surface area contributed by atoms with Crippen molar-refractivity contribution in [2.75, 3.05) is 5.32 Å². The van der Waals surface area contributed by atoms with Gasteiger partial charge in [-0.25, -0.2) is 4.68 Å². The number of benzene rings is 2. The van der Waals surface area contributed by atoms with Crippen LogP contribution in [0.15, 0.2) is 60.3 Å². The lowest BCUT2D eigenvalue weighted by Gasteiger charge is -2.36. The average Bonchev–Trinajstić information content (AvgIpc) is 3.35. The molecule has 0 fully saturated rings. The van der Waals surface area contributed by atoms with Gasteiger partial charge in [0.2, 0.25) is 0 Å². The molecule has 37 heavy (non-hydrogen) atoms. The van der Waals surface area contributed by atoms with E-state index in [1.807, 2.05) is 35.9 Å². The van der Waals surface area contributed by atoms with Crippen molar-refractivity contribution in [2.45, 2.75) is 53.4 Å². The van der Waals surface area contributed by atoms with Crippen LogP contribution in [0.4, 0.5) is 5.82 Å². The summed E-state index contributed by atoms with van der Waals surface area (Å²) in [5.74, 6) is 0.838. The number of hydrogen-bond acceptors (Lipinski definition) is 3. The molecule has 0 bridgehead atoms. The normalized spacial score (nSPS) is 18.8. The zero-order valence-electron chi connectivity index (χ0n) is 21.9. The summed E-state index contributed by atoms with van der Waals surface area (Å²) in [5, 5.41) is 9.23. The number of hydrogen-bond donors (Lipinski definition) is 1. The van der Waals surface area contributed by atoms with Crippen LogP contribution in [0.5, 0.6) is 0 Å². The van der Waals surface area contributed by atoms with Gasteiger partial charge in [-0.1, -0.05) is 29.8 Å². The molecule has 1 aliphatic heterocycles. The highest BCUT2D eigenvalue weighted by molar-refractivity contribution is 6.30. The SMILES string of the molecule is Cc1ccc(-n2c(C)cc([C@@H]3c4c(C)nn(-c5cccc(Cl)c5)c4NC4=CCCC(=O)[C@@H]43)c2C)cc1C. The molecule has 6 heteroatoms. The first-order valence-corrected chi connectivity index (χ1v) is 13.2. The second-order valence-corrected chi connectivity index (χ2v) is 10.9. The number of aromatic nitrogens is 3. The zero-order valence-corrected chi connectivity index (χ0v) is 22.6. The summed E-state index contributed by atoms with van der Waals surface area (Å²) in [5.41, 5.74) is 11.1. The maximum Gasteiger partial charge on any atom is 0.143 e. The lowest BCUT2D eigenvalue weighted by atomic mass is 9.71. The topological polar surface area (TPSA) is 51.9 Å². The van der Waals surface area contributed by atoms with Crippen LogP contribution in [0.1, 0.15) is 58.1 Å². The minimum absolute atomic E-state index is 0.116.